The Morgan fingerprint density at radius 2 is 2.10 bits per heavy atom. The Hall–Kier alpha value is -1.59. The van der Waals surface area contributed by atoms with Gasteiger partial charge in [0.1, 0.15) is 12.4 Å². The van der Waals surface area contributed by atoms with E-state index in [-0.39, 0.29) is 11.8 Å². The van der Waals surface area contributed by atoms with Crippen LogP contribution in [0.5, 0.6) is 5.75 Å². The normalized spacial score (nSPS) is 12.6. The summed E-state index contributed by atoms with van der Waals surface area (Å²) in [7, 11) is 3.99. The Morgan fingerprint density at radius 1 is 1.40 bits per heavy atom. The Morgan fingerprint density at radius 3 is 2.70 bits per heavy atom. The first-order valence-corrected chi connectivity index (χ1v) is 6.84. The van der Waals surface area contributed by atoms with Crippen molar-refractivity contribution in [3.63, 3.8) is 0 Å². The van der Waals surface area contributed by atoms with Crippen LogP contribution in [0.2, 0.25) is 0 Å². The molecule has 3 N–H and O–H groups in total. The molecule has 0 saturated heterocycles. The Kier molecular flexibility index (Phi) is 6.48. The molecule has 0 aliphatic carbocycles. The number of likely N-dealkylation sites (N-methyl/N-ethyl adjacent to an activating group) is 1. The number of anilines is 1. The van der Waals surface area contributed by atoms with E-state index in [0.717, 1.165) is 12.3 Å². The minimum Gasteiger partial charge on any atom is -0.492 e. The highest BCUT2D eigenvalue weighted by Gasteiger charge is 2.17. The summed E-state index contributed by atoms with van der Waals surface area (Å²) in [5.74, 6) is 0.669. The fourth-order valence-electron chi connectivity index (χ4n) is 1.54. The lowest BCUT2D eigenvalue weighted by Crippen LogP contribution is -2.39. The molecule has 0 aliphatic heterocycles. The van der Waals surface area contributed by atoms with Crippen LogP contribution < -0.4 is 15.8 Å². The largest absolute Gasteiger partial charge is 0.492 e. The standard InChI is InChI=1S/C15H25N3O2/c1-11(2)14(16)15(19)17-12-6-5-7-13(10-12)20-9-8-18(3)4/h5-7,10-11,14H,8-9,16H2,1-4H3,(H,17,19)/t14-/m0/s1. The van der Waals surface area contributed by atoms with Gasteiger partial charge in [0.15, 0.2) is 0 Å². The molecule has 1 aromatic carbocycles. The summed E-state index contributed by atoms with van der Waals surface area (Å²) in [6, 6.07) is 6.84. The van der Waals surface area contributed by atoms with Crippen molar-refractivity contribution in [3.05, 3.63) is 24.3 Å². The van der Waals surface area contributed by atoms with Crippen LogP contribution in [0.1, 0.15) is 13.8 Å². The average molecular weight is 279 g/mol. The van der Waals surface area contributed by atoms with Gasteiger partial charge in [-0.25, -0.2) is 0 Å². The van der Waals surface area contributed by atoms with Gasteiger partial charge in [0, 0.05) is 18.3 Å². The number of hydrogen-bond donors (Lipinski definition) is 2. The van der Waals surface area contributed by atoms with Gasteiger partial charge >= 0.3 is 0 Å². The van der Waals surface area contributed by atoms with E-state index in [0.29, 0.717) is 12.3 Å². The third-order valence-electron chi connectivity index (χ3n) is 2.93. The van der Waals surface area contributed by atoms with Crippen LogP contribution in [-0.2, 0) is 4.79 Å². The maximum Gasteiger partial charge on any atom is 0.241 e. The fraction of sp³-hybridized carbons (Fsp3) is 0.533. The Bertz CT molecular complexity index is 433. The van der Waals surface area contributed by atoms with Crippen LogP contribution in [0, 0.1) is 5.92 Å². The van der Waals surface area contributed by atoms with E-state index >= 15 is 0 Å². The van der Waals surface area contributed by atoms with Crippen molar-refractivity contribution in [1.29, 1.82) is 0 Å². The van der Waals surface area contributed by atoms with Crippen molar-refractivity contribution in [3.8, 4) is 5.75 Å². The lowest BCUT2D eigenvalue weighted by Gasteiger charge is -2.16. The van der Waals surface area contributed by atoms with Gasteiger partial charge in [0.05, 0.1) is 6.04 Å². The first-order chi connectivity index (χ1) is 9.40. The molecule has 1 aromatic rings. The van der Waals surface area contributed by atoms with Crippen molar-refractivity contribution in [2.75, 3.05) is 32.6 Å². The van der Waals surface area contributed by atoms with E-state index in [9.17, 15) is 4.79 Å². The molecule has 20 heavy (non-hydrogen) atoms. The molecular weight excluding hydrogens is 254 g/mol. The molecular formula is C15H25N3O2. The number of carbonyl (C=O) groups excluding carboxylic acids is 1. The number of nitrogens with zero attached hydrogens (tertiary/aromatic N) is 1. The zero-order chi connectivity index (χ0) is 15.1. The van der Waals surface area contributed by atoms with Crippen LogP contribution >= 0.6 is 0 Å². The van der Waals surface area contributed by atoms with Crippen molar-refractivity contribution in [2.24, 2.45) is 11.7 Å². The summed E-state index contributed by atoms with van der Waals surface area (Å²) in [5.41, 5.74) is 6.51. The van der Waals surface area contributed by atoms with Crippen LogP contribution in [0.15, 0.2) is 24.3 Å². The van der Waals surface area contributed by atoms with Crippen molar-refractivity contribution in [1.82, 2.24) is 4.90 Å². The molecule has 0 bridgehead atoms. The summed E-state index contributed by atoms with van der Waals surface area (Å²) in [6.07, 6.45) is 0. The van der Waals surface area contributed by atoms with E-state index in [1.54, 1.807) is 6.07 Å². The summed E-state index contributed by atoms with van der Waals surface area (Å²) >= 11 is 0. The number of amides is 1. The number of hydrogen-bond acceptors (Lipinski definition) is 4. The number of rotatable bonds is 7. The number of carbonyl (C=O) groups is 1. The van der Waals surface area contributed by atoms with Gasteiger partial charge in [-0.1, -0.05) is 19.9 Å². The van der Waals surface area contributed by atoms with Crippen LogP contribution in [-0.4, -0.2) is 44.1 Å². The van der Waals surface area contributed by atoms with Crippen molar-refractivity contribution >= 4 is 11.6 Å². The third-order valence-corrected chi connectivity index (χ3v) is 2.93. The van der Waals surface area contributed by atoms with E-state index in [4.69, 9.17) is 10.5 Å². The molecule has 0 aromatic heterocycles. The predicted molar refractivity (Wildman–Crippen MR) is 81.9 cm³/mol. The molecule has 1 rings (SSSR count). The summed E-state index contributed by atoms with van der Waals surface area (Å²) in [5, 5.41) is 2.81. The van der Waals surface area contributed by atoms with Gasteiger partial charge in [-0.15, -0.1) is 0 Å². The average Bonchev–Trinajstić information content (AvgIpc) is 2.37. The molecule has 5 nitrogen and oxygen atoms in total. The number of nitrogens with one attached hydrogen (secondary N) is 1. The maximum absolute atomic E-state index is 11.9. The van der Waals surface area contributed by atoms with E-state index in [2.05, 4.69) is 5.32 Å². The minimum absolute atomic E-state index is 0.106. The van der Waals surface area contributed by atoms with Gasteiger partial charge < -0.3 is 20.7 Å². The Labute approximate surface area is 121 Å². The maximum atomic E-state index is 11.9. The highest BCUT2D eigenvalue weighted by Crippen LogP contribution is 2.17. The van der Waals surface area contributed by atoms with Crippen LogP contribution in [0.25, 0.3) is 0 Å². The quantitative estimate of drug-likeness (QED) is 0.794. The molecule has 1 atom stereocenters. The van der Waals surface area contributed by atoms with Gasteiger partial charge in [-0.3, -0.25) is 4.79 Å². The predicted octanol–water partition coefficient (Wildman–Crippen LogP) is 1.55. The van der Waals surface area contributed by atoms with E-state index < -0.39 is 6.04 Å². The number of nitrogens with two attached hydrogens (primary N) is 1. The molecule has 0 spiro atoms. The fourth-order valence-corrected chi connectivity index (χ4v) is 1.54. The lowest BCUT2D eigenvalue weighted by molar-refractivity contribution is -0.118. The lowest BCUT2D eigenvalue weighted by atomic mass is 10.0. The topological polar surface area (TPSA) is 67.6 Å². The number of ether oxygens (including phenoxy) is 1. The van der Waals surface area contributed by atoms with Crippen LogP contribution in [0.3, 0.4) is 0 Å². The molecule has 5 heteroatoms. The van der Waals surface area contributed by atoms with Gasteiger partial charge in [-0.2, -0.15) is 0 Å². The van der Waals surface area contributed by atoms with Gasteiger partial charge in [0.25, 0.3) is 0 Å². The summed E-state index contributed by atoms with van der Waals surface area (Å²) in [4.78, 5) is 13.9. The first kappa shape index (κ1) is 16.5. The smallest absolute Gasteiger partial charge is 0.241 e. The van der Waals surface area contributed by atoms with Gasteiger partial charge in [0.2, 0.25) is 5.91 Å². The highest BCUT2D eigenvalue weighted by molar-refractivity contribution is 5.94. The van der Waals surface area contributed by atoms with E-state index in [1.165, 1.54) is 0 Å². The van der Waals surface area contributed by atoms with Gasteiger partial charge in [-0.05, 0) is 32.1 Å². The molecule has 1 amide bonds. The molecule has 0 unspecified atom stereocenters. The van der Waals surface area contributed by atoms with Crippen molar-refractivity contribution in [2.45, 2.75) is 19.9 Å². The molecule has 0 fully saturated rings. The summed E-state index contributed by atoms with van der Waals surface area (Å²) < 4.78 is 5.62. The minimum atomic E-state index is -0.506. The second kappa shape index (κ2) is 7.87. The molecule has 0 heterocycles. The number of benzene rings is 1. The molecule has 0 radical (unpaired) electrons. The Balaban J connectivity index is 2.57. The SMILES string of the molecule is CC(C)[C@H](N)C(=O)Nc1cccc(OCCN(C)C)c1. The zero-order valence-electron chi connectivity index (χ0n) is 12.7. The summed E-state index contributed by atoms with van der Waals surface area (Å²) in [6.45, 7) is 5.29. The molecule has 112 valence electrons. The van der Waals surface area contributed by atoms with Crippen molar-refractivity contribution < 1.29 is 9.53 Å². The zero-order valence-corrected chi connectivity index (χ0v) is 12.7. The second-order valence-corrected chi connectivity index (χ2v) is 5.44. The monoisotopic (exact) mass is 279 g/mol. The van der Waals surface area contributed by atoms with E-state index in [1.807, 2.05) is 51.0 Å². The third kappa shape index (κ3) is 5.59. The molecule has 0 saturated carbocycles. The highest BCUT2D eigenvalue weighted by atomic mass is 16.5. The molecule has 0 aliphatic rings. The second-order valence-electron chi connectivity index (χ2n) is 5.44. The van der Waals surface area contributed by atoms with Crippen LogP contribution in [0.4, 0.5) is 5.69 Å². The first-order valence-electron chi connectivity index (χ1n) is 6.84.